The van der Waals surface area contributed by atoms with E-state index in [9.17, 15) is 4.79 Å². The molecule has 1 unspecified atom stereocenters. The molecule has 0 aromatic rings. The summed E-state index contributed by atoms with van der Waals surface area (Å²) in [7, 11) is 0. The highest BCUT2D eigenvalue weighted by atomic mass is 16.7. The van der Waals surface area contributed by atoms with Crippen LogP contribution in [-0.2, 0) is 19.0 Å². The lowest BCUT2D eigenvalue weighted by Crippen LogP contribution is -2.46. The van der Waals surface area contributed by atoms with Crippen LogP contribution >= 0.6 is 0 Å². The van der Waals surface area contributed by atoms with Crippen molar-refractivity contribution >= 4 is 5.97 Å². The van der Waals surface area contributed by atoms with Gasteiger partial charge in [-0.3, -0.25) is 9.69 Å². The maximum Gasteiger partial charge on any atom is 0.323 e. The zero-order valence-corrected chi connectivity index (χ0v) is 11.3. The Morgan fingerprint density at radius 3 is 2.50 bits per heavy atom. The van der Waals surface area contributed by atoms with E-state index in [1.54, 1.807) is 0 Å². The number of carbonyl (C=O) groups is 1. The zero-order chi connectivity index (χ0) is 13.0. The second-order valence-electron chi connectivity index (χ2n) is 4.91. The summed E-state index contributed by atoms with van der Waals surface area (Å²) >= 11 is 0. The molecule has 104 valence electrons. The number of hydrogen-bond acceptors (Lipinski definition) is 5. The highest BCUT2D eigenvalue weighted by Gasteiger charge is 2.33. The highest BCUT2D eigenvalue weighted by Crippen LogP contribution is 2.26. The molecule has 2 aliphatic rings. The molecule has 0 saturated carbocycles. The average molecular weight is 257 g/mol. The minimum absolute atomic E-state index is 0.0231. The van der Waals surface area contributed by atoms with E-state index in [0.717, 1.165) is 25.9 Å². The number of ether oxygens (including phenoxy) is 3. The molecule has 5 heteroatoms. The molecule has 0 radical (unpaired) electrons. The molecule has 0 N–H and O–H groups in total. The summed E-state index contributed by atoms with van der Waals surface area (Å²) in [6.07, 6.45) is 2.02. The van der Waals surface area contributed by atoms with Crippen LogP contribution in [0.3, 0.4) is 0 Å². The molecule has 0 amide bonds. The van der Waals surface area contributed by atoms with Gasteiger partial charge in [-0.25, -0.2) is 0 Å². The van der Waals surface area contributed by atoms with Gasteiger partial charge in [0.15, 0.2) is 6.29 Å². The lowest BCUT2D eigenvalue weighted by Gasteiger charge is -2.36. The van der Waals surface area contributed by atoms with E-state index in [0.29, 0.717) is 25.7 Å². The van der Waals surface area contributed by atoms with E-state index < -0.39 is 0 Å². The first-order valence-corrected chi connectivity index (χ1v) is 6.86. The van der Waals surface area contributed by atoms with Crippen molar-refractivity contribution in [3.05, 3.63) is 0 Å². The number of likely N-dealkylation sites (tertiary alicyclic amines) is 1. The molecule has 1 atom stereocenters. The van der Waals surface area contributed by atoms with Crippen molar-refractivity contribution in [3.8, 4) is 0 Å². The quantitative estimate of drug-likeness (QED) is 0.704. The Bertz CT molecular complexity index is 270. The number of nitrogens with zero attached hydrogens (tertiary/aromatic N) is 1. The fourth-order valence-electron chi connectivity index (χ4n) is 2.64. The zero-order valence-electron chi connectivity index (χ0n) is 11.3. The van der Waals surface area contributed by atoms with Crippen molar-refractivity contribution in [2.24, 2.45) is 5.92 Å². The van der Waals surface area contributed by atoms with Gasteiger partial charge in [-0.2, -0.15) is 0 Å². The number of hydrogen-bond donors (Lipinski definition) is 0. The van der Waals surface area contributed by atoms with Gasteiger partial charge in [0.1, 0.15) is 6.04 Å². The summed E-state index contributed by atoms with van der Waals surface area (Å²) in [5, 5.41) is 0. The van der Waals surface area contributed by atoms with E-state index >= 15 is 0 Å². The van der Waals surface area contributed by atoms with Crippen LogP contribution in [0.4, 0.5) is 0 Å². The summed E-state index contributed by atoms with van der Waals surface area (Å²) < 4.78 is 16.1. The van der Waals surface area contributed by atoms with Gasteiger partial charge < -0.3 is 14.2 Å². The Kier molecular flexibility index (Phi) is 4.97. The van der Waals surface area contributed by atoms with Crippen LogP contribution in [0.1, 0.15) is 26.7 Å². The molecular weight excluding hydrogens is 234 g/mol. The molecule has 2 rings (SSSR count). The molecule has 0 spiro atoms. The normalized spacial score (nSPS) is 25.2. The molecule has 2 fully saturated rings. The smallest absolute Gasteiger partial charge is 0.323 e. The summed E-state index contributed by atoms with van der Waals surface area (Å²) in [4.78, 5) is 13.9. The Morgan fingerprint density at radius 1 is 1.33 bits per heavy atom. The first kappa shape index (κ1) is 13.8. The van der Waals surface area contributed by atoms with E-state index in [2.05, 4.69) is 4.90 Å². The molecule has 5 nitrogen and oxygen atoms in total. The minimum Gasteiger partial charge on any atom is -0.465 e. The molecule has 18 heavy (non-hydrogen) atoms. The van der Waals surface area contributed by atoms with Crippen LogP contribution in [0.15, 0.2) is 0 Å². The number of piperidine rings is 1. The summed E-state index contributed by atoms with van der Waals surface area (Å²) in [6, 6.07) is -0.142. The maximum atomic E-state index is 11.7. The van der Waals surface area contributed by atoms with Crippen LogP contribution in [0.2, 0.25) is 0 Å². The van der Waals surface area contributed by atoms with E-state index in [4.69, 9.17) is 14.2 Å². The lowest BCUT2D eigenvalue weighted by atomic mass is 9.95. The molecule has 2 aliphatic heterocycles. The van der Waals surface area contributed by atoms with Crippen LogP contribution in [0.5, 0.6) is 0 Å². The minimum atomic E-state index is -0.142. The van der Waals surface area contributed by atoms with Crippen LogP contribution in [0.25, 0.3) is 0 Å². The van der Waals surface area contributed by atoms with Crippen molar-refractivity contribution in [1.29, 1.82) is 0 Å². The molecule has 0 aromatic heterocycles. The summed E-state index contributed by atoms with van der Waals surface area (Å²) in [5.74, 6) is 0.350. The molecule has 2 heterocycles. The van der Waals surface area contributed by atoms with Crippen LogP contribution in [-0.4, -0.2) is 56.1 Å². The van der Waals surface area contributed by atoms with Crippen molar-refractivity contribution in [2.75, 3.05) is 32.9 Å². The molecule has 0 aromatic carbocycles. The third kappa shape index (κ3) is 3.22. The monoisotopic (exact) mass is 257 g/mol. The fourth-order valence-corrected chi connectivity index (χ4v) is 2.64. The van der Waals surface area contributed by atoms with E-state index in [-0.39, 0.29) is 18.3 Å². The third-order valence-corrected chi connectivity index (χ3v) is 3.78. The Labute approximate surface area is 108 Å². The predicted molar refractivity (Wildman–Crippen MR) is 66.1 cm³/mol. The summed E-state index contributed by atoms with van der Waals surface area (Å²) in [5.41, 5.74) is 0. The second-order valence-corrected chi connectivity index (χ2v) is 4.91. The van der Waals surface area contributed by atoms with Crippen molar-refractivity contribution in [2.45, 2.75) is 39.0 Å². The fraction of sp³-hybridized carbons (Fsp3) is 0.923. The van der Waals surface area contributed by atoms with Crippen LogP contribution in [0, 0.1) is 5.92 Å². The van der Waals surface area contributed by atoms with Gasteiger partial charge in [-0.05, 0) is 39.8 Å². The maximum absolute atomic E-state index is 11.7. The lowest BCUT2D eigenvalue weighted by molar-refractivity contribution is -0.150. The van der Waals surface area contributed by atoms with Gasteiger partial charge in [-0.1, -0.05) is 0 Å². The van der Waals surface area contributed by atoms with Gasteiger partial charge >= 0.3 is 5.97 Å². The summed E-state index contributed by atoms with van der Waals surface area (Å²) in [6.45, 7) is 7.45. The van der Waals surface area contributed by atoms with Gasteiger partial charge in [-0.15, -0.1) is 0 Å². The van der Waals surface area contributed by atoms with Crippen molar-refractivity contribution < 1.29 is 19.0 Å². The van der Waals surface area contributed by atoms with Gasteiger partial charge in [0, 0.05) is 5.92 Å². The Morgan fingerprint density at radius 2 is 1.94 bits per heavy atom. The van der Waals surface area contributed by atoms with Crippen LogP contribution < -0.4 is 0 Å². The molecule has 2 saturated heterocycles. The van der Waals surface area contributed by atoms with Gasteiger partial charge in [0.25, 0.3) is 0 Å². The standard InChI is InChI=1S/C13H23NO4/c1-3-16-12(15)10(2)14-6-4-11(5-7-14)13-17-8-9-18-13/h10-11,13H,3-9H2,1-2H3. The molecule has 0 bridgehead atoms. The Balaban J connectivity index is 1.77. The SMILES string of the molecule is CCOC(=O)C(C)N1CCC(C2OCCO2)CC1. The number of carbonyl (C=O) groups excluding carboxylic acids is 1. The largest absolute Gasteiger partial charge is 0.465 e. The third-order valence-electron chi connectivity index (χ3n) is 3.78. The van der Waals surface area contributed by atoms with Gasteiger partial charge in [0.05, 0.1) is 19.8 Å². The van der Waals surface area contributed by atoms with Crippen molar-refractivity contribution in [1.82, 2.24) is 4.90 Å². The van der Waals surface area contributed by atoms with Crippen molar-refractivity contribution in [3.63, 3.8) is 0 Å². The first-order chi connectivity index (χ1) is 8.72. The topological polar surface area (TPSA) is 48.0 Å². The van der Waals surface area contributed by atoms with E-state index in [1.165, 1.54) is 0 Å². The number of esters is 1. The average Bonchev–Trinajstić information content (AvgIpc) is 2.92. The second kappa shape index (κ2) is 6.50. The number of rotatable bonds is 4. The predicted octanol–water partition coefficient (Wildman–Crippen LogP) is 1.02. The van der Waals surface area contributed by atoms with E-state index in [1.807, 2.05) is 13.8 Å². The van der Waals surface area contributed by atoms with Gasteiger partial charge in [0.2, 0.25) is 0 Å². The first-order valence-electron chi connectivity index (χ1n) is 6.86. The highest BCUT2D eigenvalue weighted by molar-refractivity contribution is 5.75. The molecule has 0 aliphatic carbocycles. The Hall–Kier alpha value is -0.650. The molecular formula is C13H23NO4.